The Hall–Kier alpha value is -2.93. The van der Waals surface area contributed by atoms with Crippen molar-refractivity contribution in [3.8, 4) is 0 Å². The van der Waals surface area contributed by atoms with Crippen LogP contribution in [0.1, 0.15) is 41.4 Å². The Morgan fingerprint density at radius 3 is 2.80 bits per heavy atom. The second-order valence-electron chi connectivity index (χ2n) is 11.0. The quantitative estimate of drug-likeness (QED) is 0.124. The Balaban J connectivity index is 1.49. The molecule has 1 aliphatic rings. The van der Waals surface area contributed by atoms with Gasteiger partial charge in [0.15, 0.2) is 27.3 Å². The Morgan fingerprint density at radius 1 is 1.18 bits per heavy atom. The van der Waals surface area contributed by atoms with Crippen LogP contribution in [0.2, 0.25) is 25.7 Å². The summed E-state index contributed by atoms with van der Waals surface area (Å²) in [5.41, 5.74) is 3.57. The monoisotopic (exact) mass is 596 g/mol. The Labute approximate surface area is 243 Å². The maximum absolute atomic E-state index is 12.2. The maximum Gasteiger partial charge on any atom is 0.357 e. The number of rotatable bonds is 9. The molecule has 0 saturated carbocycles. The average molecular weight is 597 g/mol. The smallest absolute Gasteiger partial charge is 0.357 e. The van der Waals surface area contributed by atoms with Crippen molar-refractivity contribution in [3.63, 3.8) is 0 Å². The van der Waals surface area contributed by atoms with Crippen molar-refractivity contribution >= 4 is 63.7 Å². The fourth-order valence-electron chi connectivity index (χ4n) is 4.56. The SMILES string of the molecule is CCOC(=O)c1csc(N2CCCCc3c2nnc(/N=c2\sc4ccccc4n2COCC[Si](C)(C)C)c3C)n1. The third-order valence-corrected chi connectivity index (χ3v) is 10.5. The van der Waals surface area contributed by atoms with Crippen molar-refractivity contribution in [2.24, 2.45) is 4.99 Å². The largest absolute Gasteiger partial charge is 0.461 e. The summed E-state index contributed by atoms with van der Waals surface area (Å²) in [7, 11) is -1.18. The number of ether oxygens (including phenoxy) is 2. The van der Waals surface area contributed by atoms with Crippen LogP contribution >= 0.6 is 22.7 Å². The summed E-state index contributed by atoms with van der Waals surface area (Å²) < 4.78 is 14.6. The van der Waals surface area contributed by atoms with E-state index in [0.29, 0.717) is 24.8 Å². The van der Waals surface area contributed by atoms with Gasteiger partial charge >= 0.3 is 5.97 Å². The van der Waals surface area contributed by atoms with Crippen LogP contribution in [0.4, 0.5) is 16.8 Å². The molecule has 9 nitrogen and oxygen atoms in total. The lowest BCUT2D eigenvalue weighted by atomic mass is 10.1. The summed E-state index contributed by atoms with van der Waals surface area (Å²) >= 11 is 3.05. The van der Waals surface area contributed by atoms with Gasteiger partial charge in [-0.25, -0.2) is 9.78 Å². The Kier molecular flexibility index (Phi) is 8.79. The predicted octanol–water partition coefficient (Wildman–Crippen LogP) is 6.45. The highest BCUT2D eigenvalue weighted by molar-refractivity contribution is 7.16. The second-order valence-corrected chi connectivity index (χ2v) is 18.5. The molecule has 12 heteroatoms. The number of fused-ring (bicyclic) bond motifs is 2. The molecule has 5 rings (SSSR count). The predicted molar refractivity (Wildman–Crippen MR) is 164 cm³/mol. The molecule has 1 aromatic carbocycles. The highest BCUT2D eigenvalue weighted by Gasteiger charge is 2.25. The number of esters is 1. The van der Waals surface area contributed by atoms with Gasteiger partial charge in [0.05, 0.1) is 16.8 Å². The van der Waals surface area contributed by atoms with E-state index < -0.39 is 14.0 Å². The zero-order valence-electron chi connectivity index (χ0n) is 23.8. The lowest BCUT2D eigenvalue weighted by Gasteiger charge is -2.21. The molecule has 4 heterocycles. The number of hydrogen-bond acceptors (Lipinski definition) is 10. The van der Waals surface area contributed by atoms with E-state index in [-0.39, 0.29) is 0 Å². The van der Waals surface area contributed by atoms with Crippen LogP contribution in [0.15, 0.2) is 34.6 Å². The lowest BCUT2D eigenvalue weighted by molar-refractivity contribution is 0.0520. The summed E-state index contributed by atoms with van der Waals surface area (Å²) in [6.07, 6.45) is 2.90. The summed E-state index contributed by atoms with van der Waals surface area (Å²) in [6, 6.07) is 9.44. The summed E-state index contributed by atoms with van der Waals surface area (Å²) in [5.74, 6) is 1.00. The third-order valence-electron chi connectivity index (χ3n) is 6.83. The lowest BCUT2D eigenvalue weighted by Crippen LogP contribution is -2.23. The first kappa shape index (κ1) is 28.6. The van der Waals surface area contributed by atoms with Crippen molar-refractivity contribution in [1.82, 2.24) is 19.7 Å². The molecule has 0 bridgehead atoms. The minimum absolute atomic E-state index is 0.319. The zero-order chi connectivity index (χ0) is 28.3. The van der Waals surface area contributed by atoms with Gasteiger partial charge in [-0.05, 0) is 51.3 Å². The zero-order valence-corrected chi connectivity index (χ0v) is 26.4. The molecule has 3 aromatic heterocycles. The average Bonchev–Trinajstić information content (AvgIpc) is 3.47. The molecule has 0 fully saturated rings. The van der Waals surface area contributed by atoms with E-state index in [1.54, 1.807) is 23.6 Å². The van der Waals surface area contributed by atoms with Crippen LogP contribution in [0.5, 0.6) is 0 Å². The van der Waals surface area contributed by atoms with Crippen molar-refractivity contribution in [2.75, 3.05) is 24.7 Å². The Morgan fingerprint density at radius 2 is 2.00 bits per heavy atom. The normalized spacial score (nSPS) is 14.4. The van der Waals surface area contributed by atoms with E-state index in [1.165, 1.54) is 11.3 Å². The number of carbonyl (C=O) groups excluding carboxylic acids is 1. The summed E-state index contributed by atoms with van der Waals surface area (Å²) in [4.78, 5) is 24.7. The standard InChI is InChI=1S/C28H36N6O3S2Si/c1-6-37-26(35)21-17-38-27(29-21)33-14-10-9-11-20-19(2)24(31-32-25(20)33)30-28-34(18-36-15-16-40(3,4)5)22-12-7-8-13-23(22)39-28/h7-8,12-13,17H,6,9-11,14-16,18H2,1-5H3/b30-28-. The fourth-order valence-corrected chi connectivity index (χ4v) is 7.16. The topological polar surface area (TPSA) is 94.7 Å². The molecular formula is C28H36N6O3S2Si. The van der Waals surface area contributed by atoms with Crippen molar-refractivity contribution < 1.29 is 14.3 Å². The number of carbonyl (C=O) groups is 1. The molecule has 0 amide bonds. The number of anilines is 2. The molecule has 0 aliphatic carbocycles. The molecular weight excluding hydrogens is 561 g/mol. The fraction of sp³-hybridized carbons (Fsp3) is 0.464. The molecule has 0 unspecified atom stereocenters. The highest BCUT2D eigenvalue weighted by atomic mass is 32.1. The number of aromatic nitrogens is 4. The van der Waals surface area contributed by atoms with Crippen LogP contribution < -0.4 is 9.70 Å². The molecule has 0 radical (unpaired) electrons. The number of benzene rings is 1. The van der Waals surface area contributed by atoms with Gasteiger partial charge in [-0.15, -0.1) is 21.5 Å². The highest BCUT2D eigenvalue weighted by Crippen LogP contribution is 2.36. The molecule has 40 heavy (non-hydrogen) atoms. The van der Waals surface area contributed by atoms with E-state index >= 15 is 0 Å². The van der Waals surface area contributed by atoms with E-state index in [2.05, 4.69) is 63.3 Å². The van der Waals surface area contributed by atoms with Gasteiger partial charge in [0.25, 0.3) is 0 Å². The molecule has 0 atom stereocenters. The van der Waals surface area contributed by atoms with Crippen LogP contribution in [0.25, 0.3) is 10.2 Å². The number of para-hydroxylation sites is 1. The third kappa shape index (κ3) is 6.35. The van der Waals surface area contributed by atoms with Gasteiger partial charge in [0, 0.05) is 37.7 Å². The van der Waals surface area contributed by atoms with E-state index in [0.717, 1.165) is 75.6 Å². The van der Waals surface area contributed by atoms with Crippen LogP contribution in [0.3, 0.4) is 0 Å². The first-order valence-corrected chi connectivity index (χ1v) is 19.1. The first-order valence-electron chi connectivity index (χ1n) is 13.7. The van der Waals surface area contributed by atoms with Gasteiger partial charge < -0.3 is 14.4 Å². The molecule has 4 aromatic rings. The summed E-state index contributed by atoms with van der Waals surface area (Å²) in [5, 5.41) is 11.7. The first-order chi connectivity index (χ1) is 19.2. The maximum atomic E-state index is 12.2. The van der Waals surface area contributed by atoms with Crippen LogP contribution in [-0.4, -0.2) is 53.6 Å². The molecule has 212 valence electrons. The second kappa shape index (κ2) is 12.3. The number of nitrogens with zero attached hydrogens (tertiary/aromatic N) is 6. The van der Waals surface area contributed by atoms with Crippen molar-refractivity contribution in [3.05, 3.63) is 51.3 Å². The Bertz CT molecular complexity index is 1570. The van der Waals surface area contributed by atoms with Gasteiger partial charge in [0.2, 0.25) is 0 Å². The minimum Gasteiger partial charge on any atom is -0.461 e. The van der Waals surface area contributed by atoms with Crippen LogP contribution in [0, 0.1) is 6.92 Å². The van der Waals surface area contributed by atoms with Crippen molar-refractivity contribution in [2.45, 2.75) is 65.5 Å². The van der Waals surface area contributed by atoms with Gasteiger partial charge in [-0.2, -0.15) is 4.99 Å². The molecule has 1 aliphatic heterocycles. The molecule has 0 N–H and O–H groups in total. The molecule has 0 saturated heterocycles. The van der Waals surface area contributed by atoms with Gasteiger partial charge in [-0.1, -0.05) is 43.1 Å². The number of thiazole rings is 2. The van der Waals surface area contributed by atoms with E-state index in [1.807, 2.05) is 12.1 Å². The van der Waals surface area contributed by atoms with Crippen LogP contribution in [-0.2, 0) is 22.6 Å². The van der Waals surface area contributed by atoms with Gasteiger partial charge in [0.1, 0.15) is 6.73 Å². The minimum atomic E-state index is -1.18. The van der Waals surface area contributed by atoms with Crippen molar-refractivity contribution in [1.29, 1.82) is 0 Å². The summed E-state index contributed by atoms with van der Waals surface area (Å²) in [6.45, 7) is 13.2. The van der Waals surface area contributed by atoms with E-state index in [4.69, 9.17) is 14.5 Å². The van der Waals surface area contributed by atoms with Gasteiger partial charge in [-0.3, -0.25) is 4.57 Å². The molecule has 0 spiro atoms. The van der Waals surface area contributed by atoms with E-state index in [9.17, 15) is 4.79 Å². The number of hydrogen-bond donors (Lipinski definition) is 0.